The van der Waals surface area contributed by atoms with Crippen LogP contribution in [0.3, 0.4) is 0 Å². The van der Waals surface area contributed by atoms with Crippen LogP contribution < -0.4 is 15.0 Å². The SMILES string of the molecule is COc1ccc(C)cc1N(CC(=O)Nc1c(C)cccc1C)C(C)=O. The molecule has 0 atom stereocenters. The van der Waals surface area contributed by atoms with Crippen molar-refractivity contribution in [2.24, 2.45) is 0 Å². The third kappa shape index (κ3) is 4.38. The van der Waals surface area contributed by atoms with E-state index in [1.165, 1.54) is 11.8 Å². The van der Waals surface area contributed by atoms with Crippen molar-refractivity contribution in [2.45, 2.75) is 27.7 Å². The third-order valence-electron chi connectivity index (χ3n) is 4.05. The molecular formula is C20H24N2O3. The summed E-state index contributed by atoms with van der Waals surface area (Å²) in [4.78, 5) is 26.1. The summed E-state index contributed by atoms with van der Waals surface area (Å²) in [6.45, 7) is 7.17. The van der Waals surface area contributed by atoms with Gasteiger partial charge in [0.05, 0.1) is 12.8 Å². The monoisotopic (exact) mass is 340 g/mol. The number of methoxy groups -OCH3 is 1. The summed E-state index contributed by atoms with van der Waals surface area (Å²) in [6, 6.07) is 11.4. The molecule has 0 spiro atoms. The maximum absolute atomic E-state index is 12.5. The topological polar surface area (TPSA) is 58.6 Å². The van der Waals surface area contributed by atoms with Gasteiger partial charge in [0.2, 0.25) is 11.8 Å². The average molecular weight is 340 g/mol. The van der Waals surface area contributed by atoms with Gasteiger partial charge in [-0.3, -0.25) is 14.5 Å². The maximum atomic E-state index is 12.5. The molecule has 25 heavy (non-hydrogen) atoms. The van der Waals surface area contributed by atoms with Gasteiger partial charge in [0.25, 0.3) is 0 Å². The number of aryl methyl sites for hydroxylation is 3. The van der Waals surface area contributed by atoms with Crippen molar-refractivity contribution in [3.63, 3.8) is 0 Å². The van der Waals surface area contributed by atoms with Crippen molar-refractivity contribution < 1.29 is 14.3 Å². The lowest BCUT2D eigenvalue weighted by Gasteiger charge is -2.23. The summed E-state index contributed by atoms with van der Waals surface area (Å²) in [5.41, 5.74) is 4.32. The number of carbonyl (C=O) groups is 2. The number of hydrogen-bond acceptors (Lipinski definition) is 3. The number of nitrogens with zero attached hydrogens (tertiary/aromatic N) is 1. The van der Waals surface area contributed by atoms with Gasteiger partial charge in [0.1, 0.15) is 12.3 Å². The highest BCUT2D eigenvalue weighted by molar-refractivity contribution is 6.03. The zero-order valence-electron chi connectivity index (χ0n) is 15.3. The number of rotatable bonds is 5. The van der Waals surface area contributed by atoms with Crippen LogP contribution in [0.4, 0.5) is 11.4 Å². The minimum Gasteiger partial charge on any atom is -0.495 e. The summed E-state index contributed by atoms with van der Waals surface area (Å²) in [7, 11) is 1.54. The van der Waals surface area contributed by atoms with Crippen molar-refractivity contribution in [3.05, 3.63) is 53.1 Å². The molecule has 0 saturated heterocycles. The van der Waals surface area contributed by atoms with E-state index in [9.17, 15) is 9.59 Å². The van der Waals surface area contributed by atoms with Gasteiger partial charge in [-0.15, -0.1) is 0 Å². The Hall–Kier alpha value is -2.82. The van der Waals surface area contributed by atoms with Crippen LogP contribution in [0.2, 0.25) is 0 Å². The predicted molar refractivity (Wildman–Crippen MR) is 100 cm³/mol. The Morgan fingerprint density at radius 1 is 1.08 bits per heavy atom. The van der Waals surface area contributed by atoms with Gasteiger partial charge in [-0.1, -0.05) is 24.3 Å². The molecule has 5 nitrogen and oxygen atoms in total. The minimum absolute atomic E-state index is 0.0804. The average Bonchev–Trinajstić information content (AvgIpc) is 2.56. The highest BCUT2D eigenvalue weighted by Gasteiger charge is 2.20. The number of ether oxygens (including phenoxy) is 1. The number of carbonyl (C=O) groups excluding carboxylic acids is 2. The number of anilines is 2. The molecule has 0 aliphatic carbocycles. The van der Waals surface area contributed by atoms with Crippen LogP contribution in [0.25, 0.3) is 0 Å². The molecule has 0 fully saturated rings. The highest BCUT2D eigenvalue weighted by Crippen LogP contribution is 2.29. The molecule has 2 aromatic carbocycles. The van der Waals surface area contributed by atoms with Crippen molar-refractivity contribution in [1.29, 1.82) is 0 Å². The van der Waals surface area contributed by atoms with E-state index in [2.05, 4.69) is 5.32 Å². The van der Waals surface area contributed by atoms with Crippen molar-refractivity contribution in [3.8, 4) is 5.75 Å². The second-order valence-electron chi connectivity index (χ2n) is 6.10. The van der Waals surface area contributed by atoms with Crippen LogP contribution in [0, 0.1) is 20.8 Å². The number of nitrogens with one attached hydrogen (secondary N) is 1. The molecule has 0 heterocycles. The fraction of sp³-hybridized carbons (Fsp3) is 0.300. The second kappa shape index (κ2) is 7.83. The standard InChI is InChI=1S/C20H24N2O3/c1-13-9-10-18(25-5)17(11-13)22(16(4)23)12-19(24)21-20-14(2)7-6-8-15(20)3/h6-11H,12H2,1-5H3,(H,21,24). The molecule has 0 saturated carbocycles. The molecule has 0 aromatic heterocycles. The van der Waals surface area contributed by atoms with E-state index in [4.69, 9.17) is 4.74 Å². The van der Waals surface area contributed by atoms with Crippen LogP contribution in [-0.4, -0.2) is 25.5 Å². The van der Waals surface area contributed by atoms with E-state index >= 15 is 0 Å². The Morgan fingerprint density at radius 2 is 1.72 bits per heavy atom. The van der Waals surface area contributed by atoms with Crippen molar-refractivity contribution in [2.75, 3.05) is 23.9 Å². The summed E-state index contributed by atoms with van der Waals surface area (Å²) in [5, 5.41) is 2.91. The maximum Gasteiger partial charge on any atom is 0.244 e. The Labute approximate surface area is 148 Å². The lowest BCUT2D eigenvalue weighted by Crippen LogP contribution is -2.37. The van der Waals surface area contributed by atoms with Crippen LogP contribution in [0.5, 0.6) is 5.75 Å². The molecule has 1 N–H and O–H groups in total. The van der Waals surface area contributed by atoms with Crippen LogP contribution in [0.1, 0.15) is 23.6 Å². The van der Waals surface area contributed by atoms with E-state index in [0.717, 1.165) is 22.4 Å². The molecule has 2 aromatic rings. The van der Waals surface area contributed by atoms with E-state index in [1.54, 1.807) is 13.2 Å². The summed E-state index contributed by atoms with van der Waals surface area (Å²) < 4.78 is 5.34. The molecule has 2 rings (SSSR count). The normalized spacial score (nSPS) is 10.3. The zero-order chi connectivity index (χ0) is 18.6. The van der Waals surface area contributed by atoms with Gasteiger partial charge >= 0.3 is 0 Å². The van der Waals surface area contributed by atoms with Crippen LogP contribution >= 0.6 is 0 Å². The number of benzene rings is 2. The lowest BCUT2D eigenvalue weighted by atomic mass is 10.1. The Balaban J connectivity index is 2.27. The lowest BCUT2D eigenvalue weighted by molar-refractivity contribution is -0.120. The molecule has 0 radical (unpaired) electrons. The van der Waals surface area contributed by atoms with Crippen molar-refractivity contribution >= 4 is 23.2 Å². The van der Waals surface area contributed by atoms with Gasteiger partial charge in [0.15, 0.2) is 0 Å². The van der Waals surface area contributed by atoms with Crippen LogP contribution in [0.15, 0.2) is 36.4 Å². The molecule has 0 aliphatic rings. The number of para-hydroxylation sites is 1. The second-order valence-corrected chi connectivity index (χ2v) is 6.10. The van der Waals surface area contributed by atoms with Gasteiger partial charge < -0.3 is 10.1 Å². The van der Waals surface area contributed by atoms with Gasteiger partial charge in [-0.05, 0) is 49.6 Å². The summed E-state index contributed by atoms with van der Waals surface area (Å²) >= 11 is 0. The van der Waals surface area contributed by atoms with E-state index < -0.39 is 0 Å². The van der Waals surface area contributed by atoms with Crippen molar-refractivity contribution in [1.82, 2.24) is 0 Å². The molecule has 0 unspecified atom stereocenters. The molecule has 2 amide bonds. The van der Waals surface area contributed by atoms with Gasteiger partial charge in [-0.2, -0.15) is 0 Å². The first-order chi connectivity index (χ1) is 11.8. The fourth-order valence-corrected chi connectivity index (χ4v) is 2.71. The minimum atomic E-state index is -0.254. The third-order valence-corrected chi connectivity index (χ3v) is 4.05. The van der Waals surface area contributed by atoms with Gasteiger partial charge in [-0.25, -0.2) is 0 Å². The fourth-order valence-electron chi connectivity index (χ4n) is 2.71. The smallest absolute Gasteiger partial charge is 0.244 e. The largest absolute Gasteiger partial charge is 0.495 e. The molecule has 132 valence electrons. The van der Waals surface area contributed by atoms with E-state index in [1.807, 2.05) is 51.1 Å². The number of hydrogen-bond donors (Lipinski definition) is 1. The van der Waals surface area contributed by atoms with Gasteiger partial charge in [0, 0.05) is 12.6 Å². The Morgan fingerprint density at radius 3 is 2.28 bits per heavy atom. The predicted octanol–water partition coefficient (Wildman–Crippen LogP) is 3.61. The van der Waals surface area contributed by atoms with E-state index in [-0.39, 0.29) is 18.4 Å². The molecule has 0 bridgehead atoms. The first kappa shape index (κ1) is 18.5. The summed E-state index contributed by atoms with van der Waals surface area (Å²) in [6.07, 6.45) is 0. The zero-order valence-corrected chi connectivity index (χ0v) is 15.3. The number of amides is 2. The molecular weight excluding hydrogens is 316 g/mol. The Kier molecular flexibility index (Phi) is 5.80. The highest BCUT2D eigenvalue weighted by atomic mass is 16.5. The van der Waals surface area contributed by atoms with Crippen LogP contribution in [-0.2, 0) is 9.59 Å². The first-order valence-corrected chi connectivity index (χ1v) is 8.12. The molecule has 0 aliphatic heterocycles. The quantitative estimate of drug-likeness (QED) is 0.904. The molecule has 5 heteroatoms. The summed E-state index contributed by atoms with van der Waals surface area (Å²) in [5.74, 6) is 0.0809. The van der Waals surface area contributed by atoms with E-state index in [0.29, 0.717) is 11.4 Å². The first-order valence-electron chi connectivity index (χ1n) is 8.12. The Bertz CT molecular complexity index is 779.